The van der Waals surface area contributed by atoms with Crippen molar-refractivity contribution in [2.24, 2.45) is 0 Å². The van der Waals surface area contributed by atoms with E-state index in [0.29, 0.717) is 19.3 Å². The Morgan fingerprint density at radius 3 is 2.67 bits per heavy atom. The zero-order chi connectivity index (χ0) is 17.4. The van der Waals surface area contributed by atoms with E-state index in [0.717, 1.165) is 5.56 Å². The average Bonchev–Trinajstić information content (AvgIpc) is 2.56. The number of benzene rings is 1. The molecule has 0 saturated heterocycles. The standard InChI is InChI=1S/C18H22N2O4/c1-13(21)19-15-10-6-3-7-11-17(22)20-16(12-24-18(15)23)14-8-4-2-5-9-14/h2-6,8-9,15-16H,7,10-12H2,1H3,(H,19,21)(H,20,22)/b6-3+/t15-,16-/m0/s1. The second kappa shape index (κ2) is 8.86. The summed E-state index contributed by atoms with van der Waals surface area (Å²) in [4.78, 5) is 35.5. The third-order valence-corrected chi connectivity index (χ3v) is 3.67. The molecule has 2 atom stereocenters. The third kappa shape index (κ3) is 5.53. The molecule has 1 aromatic carbocycles. The van der Waals surface area contributed by atoms with E-state index >= 15 is 0 Å². The molecule has 6 heteroatoms. The third-order valence-electron chi connectivity index (χ3n) is 3.67. The molecule has 0 bridgehead atoms. The van der Waals surface area contributed by atoms with Crippen LogP contribution in [0.1, 0.15) is 37.8 Å². The first-order valence-electron chi connectivity index (χ1n) is 7.99. The molecule has 0 aromatic heterocycles. The molecular weight excluding hydrogens is 308 g/mol. The maximum atomic E-state index is 12.2. The zero-order valence-electron chi connectivity index (χ0n) is 13.7. The van der Waals surface area contributed by atoms with Gasteiger partial charge >= 0.3 is 5.97 Å². The number of carbonyl (C=O) groups is 3. The maximum Gasteiger partial charge on any atom is 0.329 e. The van der Waals surface area contributed by atoms with Gasteiger partial charge in [0, 0.05) is 13.3 Å². The molecule has 2 rings (SSSR count). The van der Waals surface area contributed by atoms with Crippen LogP contribution in [0.5, 0.6) is 0 Å². The monoisotopic (exact) mass is 330 g/mol. The predicted molar refractivity (Wildman–Crippen MR) is 88.9 cm³/mol. The fraction of sp³-hybridized carbons (Fsp3) is 0.389. The number of allylic oxidation sites excluding steroid dienone is 1. The molecule has 2 N–H and O–H groups in total. The van der Waals surface area contributed by atoms with Crippen molar-refractivity contribution in [3.05, 3.63) is 48.0 Å². The zero-order valence-corrected chi connectivity index (χ0v) is 13.7. The van der Waals surface area contributed by atoms with Gasteiger partial charge in [-0.25, -0.2) is 4.79 Å². The van der Waals surface area contributed by atoms with Gasteiger partial charge in [0.2, 0.25) is 11.8 Å². The van der Waals surface area contributed by atoms with Crippen molar-refractivity contribution in [3.63, 3.8) is 0 Å². The molecule has 128 valence electrons. The van der Waals surface area contributed by atoms with Crippen LogP contribution >= 0.6 is 0 Å². The SMILES string of the molecule is CC(=O)N[C@H]1C/C=C/CCC(=O)N[C@H](c2ccccc2)COC1=O. The minimum absolute atomic E-state index is 0.0222. The Kier molecular flexibility index (Phi) is 6.54. The summed E-state index contributed by atoms with van der Waals surface area (Å²) in [5, 5.41) is 5.48. The lowest BCUT2D eigenvalue weighted by molar-refractivity contribution is -0.148. The van der Waals surface area contributed by atoms with Crippen molar-refractivity contribution in [1.82, 2.24) is 10.6 Å². The van der Waals surface area contributed by atoms with E-state index in [2.05, 4.69) is 10.6 Å². The topological polar surface area (TPSA) is 84.5 Å². The van der Waals surface area contributed by atoms with Crippen molar-refractivity contribution in [1.29, 1.82) is 0 Å². The number of nitrogens with one attached hydrogen (secondary N) is 2. The Morgan fingerprint density at radius 1 is 1.21 bits per heavy atom. The van der Waals surface area contributed by atoms with Gasteiger partial charge < -0.3 is 15.4 Å². The first kappa shape index (κ1) is 17.7. The highest BCUT2D eigenvalue weighted by Gasteiger charge is 2.23. The maximum absolute atomic E-state index is 12.2. The molecule has 1 aromatic rings. The minimum atomic E-state index is -0.717. The van der Waals surface area contributed by atoms with Crippen LogP contribution in [0.4, 0.5) is 0 Å². The largest absolute Gasteiger partial charge is 0.462 e. The fourth-order valence-corrected chi connectivity index (χ4v) is 2.46. The Balaban J connectivity index is 2.15. The summed E-state index contributed by atoms with van der Waals surface area (Å²) in [6.07, 6.45) is 4.90. The summed E-state index contributed by atoms with van der Waals surface area (Å²) in [6.45, 7) is 1.38. The van der Waals surface area contributed by atoms with Crippen LogP contribution < -0.4 is 10.6 Å². The van der Waals surface area contributed by atoms with E-state index < -0.39 is 18.1 Å². The van der Waals surface area contributed by atoms with Crippen LogP contribution in [0, 0.1) is 0 Å². The fourth-order valence-electron chi connectivity index (χ4n) is 2.46. The van der Waals surface area contributed by atoms with Gasteiger partial charge in [0.15, 0.2) is 0 Å². The highest BCUT2D eigenvalue weighted by atomic mass is 16.5. The summed E-state index contributed by atoms with van der Waals surface area (Å²) < 4.78 is 5.34. The van der Waals surface area contributed by atoms with Gasteiger partial charge in [0.05, 0.1) is 6.04 Å². The molecule has 2 amide bonds. The molecule has 24 heavy (non-hydrogen) atoms. The lowest BCUT2D eigenvalue weighted by Gasteiger charge is -2.22. The molecule has 1 aliphatic heterocycles. The molecule has 0 spiro atoms. The summed E-state index contributed by atoms with van der Waals surface area (Å²) >= 11 is 0. The summed E-state index contributed by atoms with van der Waals surface area (Å²) in [5.41, 5.74) is 0.863. The summed E-state index contributed by atoms with van der Waals surface area (Å²) in [7, 11) is 0. The van der Waals surface area contributed by atoms with Crippen LogP contribution in [-0.2, 0) is 19.1 Å². The average molecular weight is 330 g/mol. The van der Waals surface area contributed by atoms with Crippen LogP contribution in [0.3, 0.4) is 0 Å². The van der Waals surface area contributed by atoms with E-state index in [4.69, 9.17) is 4.74 Å². The van der Waals surface area contributed by atoms with Gasteiger partial charge in [-0.1, -0.05) is 42.5 Å². The normalized spacial score (nSPS) is 23.9. The molecule has 0 fully saturated rings. The number of esters is 1. The highest BCUT2D eigenvalue weighted by Crippen LogP contribution is 2.15. The number of carbonyl (C=O) groups excluding carboxylic acids is 3. The van der Waals surface area contributed by atoms with Crippen LogP contribution in [-0.4, -0.2) is 30.4 Å². The second-order valence-corrected chi connectivity index (χ2v) is 5.66. The molecule has 0 saturated carbocycles. The number of amides is 2. The number of hydrogen-bond donors (Lipinski definition) is 2. The minimum Gasteiger partial charge on any atom is -0.462 e. The molecule has 1 heterocycles. The van der Waals surface area contributed by atoms with Gasteiger partial charge in [-0.3, -0.25) is 9.59 Å². The Hall–Kier alpha value is -2.63. The number of rotatable bonds is 2. The predicted octanol–water partition coefficient (Wildman–Crippen LogP) is 1.63. The van der Waals surface area contributed by atoms with E-state index in [1.54, 1.807) is 6.08 Å². The van der Waals surface area contributed by atoms with Gasteiger partial charge in [0.1, 0.15) is 12.6 Å². The van der Waals surface area contributed by atoms with Crippen molar-refractivity contribution in [2.75, 3.05) is 6.61 Å². The Bertz CT molecular complexity index is 613. The molecule has 6 nitrogen and oxygen atoms in total. The van der Waals surface area contributed by atoms with Crippen molar-refractivity contribution >= 4 is 17.8 Å². The molecular formula is C18H22N2O4. The Morgan fingerprint density at radius 2 is 1.96 bits per heavy atom. The molecule has 0 radical (unpaired) electrons. The first-order valence-corrected chi connectivity index (χ1v) is 7.99. The van der Waals surface area contributed by atoms with E-state index in [-0.39, 0.29) is 18.4 Å². The van der Waals surface area contributed by atoms with Crippen molar-refractivity contribution in [2.45, 2.75) is 38.3 Å². The molecule has 0 aliphatic carbocycles. The number of cyclic esters (lactones) is 1. The van der Waals surface area contributed by atoms with Crippen molar-refractivity contribution in [3.8, 4) is 0 Å². The lowest BCUT2D eigenvalue weighted by atomic mass is 10.1. The smallest absolute Gasteiger partial charge is 0.329 e. The Labute approximate surface area is 141 Å². The van der Waals surface area contributed by atoms with E-state index in [9.17, 15) is 14.4 Å². The quantitative estimate of drug-likeness (QED) is 0.638. The van der Waals surface area contributed by atoms with Gasteiger partial charge in [-0.15, -0.1) is 0 Å². The van der Waals surface area contributed by atoms with Gasteiger partial charge in [0.25, 0.3) is 0 Å². The van der Waals surface area contributed by atoms with E-state index in [1.165, 1.54) is 6.92 Å². The van der Waals surface area contributed by atoms with Crippen LogP contribution in [0.15, 0.2) is 42.5 Å². The van der Waals surface area contributed by atoms with Gasteiger partial charge in [-0.05, 0) is 18.4 Å². The van der Waals surface area contributed by atoms with E-state index in [1.807, 2.05) is 36.4 Å². The van der Waals surface area contributed by atoms with Crippen LogP contribution in [0.25, 0.3) is 0 Å². The molecule has 0 unspecified atom stereocenters. The highest BCUT2D eigenvalue weighted by molar-refractivity contribution is 5.83. The van der Waals surface area contributed by atoms with Crippen LogP contribution in [0.2, 0.25) is 0 Å². The summed E-state index contributed by atoms with van der Waals surface area (Å²) in [6, 6.07) is 8.22. The lowest BCUT2D eigenvalue weighted by Crippen LogP contribution is -2.42. The summed E-state index contributed by atoms with van der Waals surface area (Å²) in [5.74, 6) is -0.889. The number of ether oxygens (including phenoxy) is 1. The molecule has 1 aliphatic rings. The van der Waals surface area contributed by atoms with Crippen molar-refractivity contribution < 1.29 is 19.1 Å². The first-order chi connectivity index (χ1) is 11.6. The van der Waals surface area contributed by atoms with Gasteiger partial charge in [-0.2, -0.15) is 0 Å². The second-order valence-electron chi connectivity index (χ2n) is 5.66. The number of hydrogen-bond acceptors (Lipinski definition) is 4.